The van der Waals surface area contributed by atoms with Crippen LogP contribution in [0.2, 0.25) is 0 Å². The molecule has 0 saturated heterocycles. The normalized spacial score (nSPS) is 20.2. The number of halogens is 1. The molecule has 1 amide bonds. The molecular weight excluding hydrogens is 154 g/mol. The Morgan fingerprint density at radius 2 is 2.40 bits per heavy atom. The number of ether oxygens (including phenoxy) is 1. The van der Waals surface area contributed by atoms with Gasteiger partial charge >= 0.3 is 5.37 Å². The highest BCUT2D eigenvalue weighted by molar-refractivity contribution is 6.63. The van der Waals surface area contributed by atoms with Crippen molar-refractivity contribution in [1.29, 1.82) is 0 Å². The predicted molar refractivity (Wildman–Crippen MR) is 38.2 cm³/mol. The average molecular weight is 164 g/mol. The van der Waals surface area contributed by atoms with Crippen LogP contribution in [0.25, 0.3) is 0 Å². The van der Waals surface area contributed by atoms with Crippen molar-refractivity contribution in [2.24, 2.45) is 0 Å². The fraction of sp³-hybridized carbons (Fsp3) is 0.833. The zero-order chi connectivity index (χ0) is 7.61. The Balaban J connectivity index is 2.30. The molecule has 1 fully saturated rings. The first-order valence-corrected chi connectivity index (χ1v) is 3.53. The number of carbonyl (C=O) groups excluding carboxylic acids is 1. The molecule has 1 N–H and O–H groups in total. The Labute approximate surface area is 64.7 Å². The minimum Gasteiger partial charge on any atom is -0.382 e. The Bertz CT molecular complexity index is 145. The lowest BCUT2D eigenvalue weighted by molar-refractivity contribution is 0.160. The van der Waals surface area contributed by atoms with E-state index in [0.29, 0.717) is 6.61 Å². The highest BCUT2D eigenvalue weighted by Crippen LogP contribution is 2.35. The van der Waals surface area contributed by atoms with Crippen LogP contribution in [0.1, 0.15) is 12.8 Å². The fourth-order valence-corrected chi connectivity index (χ4v) is 1.14. The smallest absolute Gasteiger partial charge is 0.314 e. The van der Waals surface area contributed by atoms with E-state index in [1.54, 1.807) is 7.11 Å². The van der Waals surface area contributed by atoms with Crippen LogP contribution in [-0.4, -0.2) is 24.6 Å². The van der Waals surface area contributed by atoms with Gasteiger partial charge in [0, 0.05) is 7.11 Å². The third-order valence-electron chi connectivity index (χ3n) is 1.64. The first-order valence-electron chi connectivity index (χ1n) is 3.15. The van der Waals surface area contributed by atoms with Gasteiger partial charge in [0.1, 0.15) is 0 Å². The number of rotatable bonds is 3. The quantitative estimate of drug-likeness (QED) is 0.500. The number of hydrogen-bond acceptors (Lipinski definition) is 2. The summed E-state index contributed by atoms with van der Waals surface area (Å²) >= 11 is 5.13. The summed E-state index contributed by atoms with van der Waals surface area (Å²) in [6.45, 7) is 0.561. The van der Waals surface area contributed by atoms with E-state index in [2.05, 4.69) is 5.32 Å². The first kappa shape index (κ1) is 7.82. The third-order valence-corrected chi connectivity index (χ3v) is 1.73. The van der Waals surface area contributed by atoms with Crippen LogP contribution < -0.4 is 5.32 Å². The van der Waals surface area contributed by atoms with Gasteiger partial charge in [-0.1, -0.05) is 0 Å². The molecule has 0 aromatic rings. The second-order valence-electron chi connectivity index (χ2n) is 2.61. The van der Waals surface area contributed by atoms with Crippen molar-refractivity contribution in [3.8, 4) is 0 Å². The molecule has 0 aromatic heterocycles. The molecule has 1 rings (SSSR count). The van der Waals surface area contributed by atoms with Gasteiger partial charge in [0.15, 0.2) is 0 Å². The van der Waals surface area contributed by atoms with Crippen molar-refractivity contribution in [3.05, 3.63) is 0 Å². The Morgan fingerprint density at radius 3 is 2.70 bits per heavy atom. The van der Waals surface area contributed by atoms with Gasteiger partial charge < -0.3 is 10.1 Å². The maximum atomic E-state index is 10.4. The van der Waals surface area contributed by atoms with Gasteiger partial charge in [-0.15, -0.1) is 0 Å². The molecule has 0 unspecified atom stereocenters. The number of nitrogens with one attached hydrogen (secondary N) is 1. The molecule has 1 saturated carbocycles. The first-order chi connectivity index (χ1) is 4.68. The standard InChI is InChI=1S/C6H10ClNO2/c1-10-4-6(2-3-6)8-5(7)9/h2-4H2,1H3,(H,8,9). The summed E-state index contributed by atoms with van der Waals surface area (Å²) in [6, 6.07) is 0. The average Bonchev–Trinajstić information content (AvgIpc) is 2.47. The van der Waals surface area contributed by atoms with Crippen LogP contribution in [-0.2, 0) is 4.74 Å². The molecule has 0 spiro atoms. The summed E-state index contributed by atoms with van der Waals surface area (Å²) in [7, 11) is 1.61. The Kier molecular flexibility index (Phi) is 2.16. The van der Waals surface area contributed by atoms with E-state index in [0.717, 1.165) is 12.8 Å². The number of amides is 1. The summed E-state index contributed by atoms with van der Waals surface area (Å²) in [5.74, 6) is 0. The van der Waals surface area contributed by atoms with Crippen molar-refractivity contribution in [2.45, 2.75) is 18.4 Å². The van der Waals surface area contributed by atoms with Crippen LogP contribution in [0.4, 0.5) is 4.79 Å². The highest BCUT2D eigenvalue weighted by atomic mass is 35.5. The van der Waals surface area contributed by atoms with Crippen LogP contribution in [0.3, 0.4) is 0 Å². The molecule has 0 radical (unpaired) electrons. The number of carbonyl (C=O) groups is 1. The van der Waals surface area contributed by atoms with Crippen LogP contribution >= 0.6 is 11.6 Å². The lowest BCUT2D eigenvalue weighted by atomic mass is 10.3. The van der Waals surface area contributed by atoms with Crippen molar-refractivity contribution < 1.29 is 9.53 Å². The topological polar surface area (TPSA) is 38.3 Å². The van der Waals surface area contributed by atoms with Crippen molar-refractivity contribution in [1.82, 2.24) is 5.32 Å². The van der Waals surface area contributed by atoms with Gasteiger partial charge in [0.25, 0.3) is 0 Å². The highest BCUT2D eigenvalue weighted by Gasteiger charge is 2.43. The van der Waals surface area contributed by atoms with Crippen molar-refractivity contribution in [2.75, 3.05) is 13.7 Å². The van der Waals surface area contributed by atoms with Gasteiger partial charge in [-0.2, -0.15) is 0 Å². The number of hydrogen-bond donors (Lipinski definition) is 1. The van der Waals surface area contributed by atoms with E-state index in [1.165, 1.54) is 0 Å². The summed E-state index contributed by atoms with van der Waals surface area (Å²) < 4.78 is 4.90. The largest absolute Gasteiger partial charge is 0.382 e. The van der Waals surface area contributed by atoms with E-state index in [-0.39, 0.29) is 5.54 Å². The lowest BCUT2D eigenvalue weighted by Crippen LogP contribution is -2.37. The Morgan fingerprint density at radius 1 is 1.80 bits per heavy atom. The number of methoxy groups -OCH3 is 1. The molecule has 1 aliphatic carbocycles. The molecule has 0 heterocycles. The van der Waals surface area contributed by atoms with E-state index >= 15 is 0 Å². The van der Waals surface area contributed by atoms with Crippen molar-refractivity contribution in [3.63, 3.8) is 0 Å². The van der Waals surface area contributed by atoms with Crippen LogP contribution in [0, 0.1) is 0 Å². The van der Waals surface area contributed by atoms with Gasteiger partial charge in [0.2, 0.25) is 0 Å². The molecule has 3 nitrogen and oxygen atoms in total. The van der Waals surface area contributed by atoms with E-state index in [9.17, 15) is 4.79 Å². The molecule has 58 valence electrons. The summed E-state index contributed by atoms with van der Waals surface area (Å²) in [5.41, 5.74) is -0.131. The fourth-order valence-electron chi connectivity index (χ4n) is 0.941. The molecule has 0 aliphatic heterocycles. The lowest BCUT2D eigenvalue weighted by Gasteiger charge is -2.12. The molecule has 0 aromatic carbocycles. The molecule has 0 atom stereocenters. The summed E-state index contributed by atoms with van der Waals surface area (Å²) in [6.07, 6.45) is 1.94. The van der Waals surface area contributed by atoms with Crippen LogP contribution in [0.5, 0.6) is 0 Å². The monoisotopic (exact) mass is 163 g/mol. The minimum absolute atomic E-state index is 0.131. The van der Waals surface area contributed by atoms with Gasteiger partial charge in [0.05, 0.1) is 12.1 Å². The zero-order valence-corrected chi connectivity index (χ0v) is 6.57. The summed E-state index contributed by atoms with van der Waals surface area (Å²) in [5, 5.41) is 2.14. The van der Waals surface area contributed by atoms with Gasteiger partial charge in [-0.25, -0.2) is 0 Å². The SMILES string of the molecule is COCC1(NC(=O)Cl)CC1. The molecule has 4 heteroatoms. The molecular formula is C6H10ClNO2. The van der Waals surface area contributed by atoms with Crippen molar-refractivity contribution >= 4 is 17.0 Å². The van der Waals surface area contributed by atoms with E-state index < -0.39 is 5.37 Å². The third kappa shape index (κ3) is 1.85. The molecule has 1 aliphatic rings. The predicted octanol–water partition coefficient (Wildman–Crippen LogP) is 1.11. The minimum atomic E-state index is -0.491. The second-order valence-corrected chi connectivity index (χ2v) is 2.96. The zero-order valence-electron chi connectivity index (χ0n) is 5.82. The van der Waals surface area contributed by atoms with E-state index in [4.69, 9.17) is 16.3 Å². The van der Waals surface area contributed by atoms with E-state index in [1.807, 2.05) is 0 Å². The van der Waals surface area contributed by atoms with Gasteiger partial charge in [-0.05, 0) is 24.4 Å². The maximum Gasteiger partial charge on any atom is 0.314 e. The molecule has 0 bridgehead atoms. The van der Waals surface area contributed by atoms with Gasteiger partial charge in [-0.3, -0.25) is 4.79 Å². The summed E-state index contributed by atoms with van der Waals surface area (Å²) in [4.78, 5) is 10.4. The maximum absolute atomic E-state index is 10.4. The second kappa shape index (κ2) is 2.76. The Hall–Kier alpha value is -0.280. The molecule has 10 heavy (non-hydrogen) atoms. The van der Waals surface area contributed by atoms with Crippen LogP contribution in [0.15, 0.2) is 0 Å².